The van der Waals surface area contributed by atoms with Gasteiger partial charge in [0.1, 0.15) is 24.0 Å². The topological polar surface area (TPSA) is 164 Å². The molecule has 3 aromatic rings. The molecule has 0 aromatic carbocycles. The molecule has 3 saturated carbocycles. The van der Waals surface area contributed by atoms with Crippen LogP contribution in [0.2, 0.25) is 0 Å². The van der Waals surface area contributed by atoms with Gasteiger partial charge in [0.25, 0.3) is 11.5 Å². The second-order valence-electron chi connectivity index (χ2n) is 10.9. The molecule has 0 spiro atoms. The Morgan fingerprint density at radius 1 is 1.14 bits per heavy atom. The Morgan fingerprint density at radius 2 is 1.95 bits per heavy atom. The van der Waals surface area contributed by atoms with Crippen molar-refractivity contribution in [2.45, 2.75) is 50.2 Å². The normalized spacial score (nSPS) is 19.0. The molecule has 12 heteroatoms. The summed E-state index contributed by atoms with van der Waals surface area (Å²) in [5.74, 6) is -1.08. The van der Waals surface area contributed by atoms with Gasteiger partial charge in [-0.15, -0.1) is 6.58 Å². The molecule has 3 aromatic heterocycles. The lowest BCUT2D eigenvalue weighted by Crippen LogP contribution is -2.68. The van der Waals surface area contributed by atoms with E-state index in [9.17, 15) is 24.0 Å². The first-order valence-corrected chi connectivity index (χ1v) is 14.1. The highest BCUT2D eigenvalue weighted by Crippen LogP contribution is 2.56. The molecule has 6 rings (SSSR count). The summed E-state index contributed by atoms with van der Waals surface area (Å²) in [5.41, 5.74) is -0.568. The summed E-state index contributed by atoms with van der Waals surface area (Å²) in [6, 6.07) is 5.32. The lowest BCUT2D eigenvalue weighted by molar-refractivity contribution is -0.133. The van der Waals surface area contributed by atoms with Gasteiger partial charge in [0.05, 0.1) is 0 Å². The maximum Gasteiger partial charge on any atom is 0.274 e. The number of anilines is 1. The molecule has 3 heterocycles. The van der Waals surface area contributed by atoms with Gasteiger partial charge in [-0.05, 0) is 68.4 Å². The van der Waals surface area contributed by atoms with E-state index in [0.717, 1.165) is 19.3 Å². The molecule has 3 aliphatic rings. The van der Waals surface area contributed by atoms with Crippen molar-refractivity contribution in [1.29, 1.82) is 0 Å². The van der Waals surface area contributed by atoms with Gasteiger partial charge in [0.2, 0.25) is 17.7 Å². The van der Waals surface area contributed by atoms with Crippen LogP contribution >= 0.6 is 0 Å². The molecule has 222 valence electrons. The summed E-state index contributed by atoms with van der Waals surface area (Å²) < 4.78 is 1.24. The largest absolute Gasteiger partial charge is 0.349 e. The van der Waals surface area contributed by atoms with Gasteiger partial charge in [-0.2, -0.15) is 0 Å². The third-order valence-corrected chi connectivity index (χ3v) is 7.75. The molecule has 12 nitrogen and oxygen atoms in total. The van der Waals surface area contributed by atoms with Crippen molar-refractivity contribution in [3.63, 3.8) is 0 Å². The van der Waals surface area contributed by atoms with Crippen molar-refractivity contribution < 1.29 is 19.2 Å². The summed E-state index contributed by atoms with van der Waals surface area (Å²) in [4.78, 5) is 72.6. The number of allylic oxidation sites excluding steroid dienone is 1. The second kappa shape index (κ2) is 12.8. The first-order valence-electron chi connectivity index (χ1n) is 14.1. The van der Waals surface area contributed by atoms with Crippen molar-refractivity contribution >= 4 is 40.1 Å². The highest BCUT2D eigenvalue weighted by atomic mass is 16.2. The zero-order chi connectivity index (χ0) is 30.4. The SMILES string of the molecule is C=CCNC(=O)/C=C/CC[C@H](NC(=O)c1nccc2cnccc12)C(=O)Nc1cccn(CC(=O)NC23CC(C2)C3)c1=O. The molecular formula is C31H33N7O5. The fraction of sp³-hybridized carbons (Fsp3) is 0.323. The number of nitrogens with one attached hydrogen (secondary N) is 4. The van der Waals surface area contributed by atoms with Crippen LogP contribution in [0, 0.1) is 5.92 Å². The highest BCUT2D eigenvalue weighted by Gasteiger charge is 2.57. The van der Waals surface area contributed by atoms with Gasteiger partial charge in [-0.3, -0.25) is 33.9 Å². The van der Waals surface area contributed by atoms with E-state index in [1.165, 1.54) is 29.1 Å². The smallest absolute Gasteiger partial charge is 0.274 e. The number of hydrogen-bond donors (Lipinski definition) is 4. The summed E-state index contributed by atoms with van der Waals surface area (Å²) in [6.07, 6.45) is 14.0. The van der Waals surface area contributed by atoms with Crippen LogP contribution < -0.4 is 26.8 Å². The highest BCUT2D eigenvalue weighted by molar-refractivity contribution is 6.07. The second-order valence-corrected chi connectivity index (χ2v) is 10.9. The Hall–Kier alpha value is -5.13. The number of carbonyl (C=O) groups excluding carboxylic acids is 4. The van der Waals surface area contributed by atoms with Crippen LogP contribution in [0.1, 0.15) is 42.6 Å². The van der Waals surface area contributed by atoms with Gasteiger partial charge < -0.3 is 25.8 Å². The third kappa shape index (κ3) is 6.85. The molecule has 0 saturated heterocycles. The minimum absolute atomic E-state index is 0.0289. The average Bonchev–Trinajstić information content (AvgIpc) is 2.96. The van der Waals surface area contributed by atoms with Crippen molar-refractivity contribution in [1.82, 2.24) is 30.5 Å². The number of fused-ring (bicyclic) bond motifs is 1. The molecule has 0 unspecified atom stereocenters. The molecular weight excluding hydrogens is 550 g/mol. The average molecular weight is 584 g/mol. The van der Waals surface area contributed by atoms with Gasteiger partial charge in [0, 0.05) is 47.6 Å². The van der Waals surface area contributed by atoms with Gasteiger partial charge in [0.15, 0.2) is 0 Å². The predicted molar refractivity (Wildman–Crippen MR) is 160 cm³/mol. The quantitative estimate of drug-likeness (QED) is 0.176. The van der Waals surface area contributed by atoms with Crippen LogP contribution in [0.5, 0.6) is 0 Å². The van der Waals surface area contributed by atoms with E-state index < -0.39 is 23.4 Å². The van der Waals surface area contributed by atoms with E-state index in [-0.39, 0.29) is 48.1 Å². The molecule has 4 N–H and O–H groups in total. The lowest BCUT2D eigenvalue weighted by atomic mass is 9.50. The standard InChI is InChI=1S/C31H33N7O5/c1-2-11-33-25(39)8-4-3-6-23(35-29(42)27-22-10-12-32-18-21(22)9-13-34-27)28(41)36-24-7-5-14-38(30(24)43)19-26(40)37-31-15-20(16-31)17-31/h2,4-5,7-10,12-14,18,20,23H,1,3,6,11,15-17,19H2,(H,33,39)(H,35,42)(H,36,41)(H,37,40)/b8-4+/t20?,23-,31?/m0/s1. The zero-order valence-corrected chi connectivity index (χ0v) is 23.5. The first kappa shape index (κ1) is 29.4. The molecule has 3 fully saturated rings. The molecule has 1 atom stereocenters. The molecule has 2 bridgehead atoms. The van der Waals surface area contributed by atoms with Crippen LogP contribution in [0.4, 0.5) is 5.69 Å². The molecule has 4 amide bonds. The van der Waals surface area contributed by atoms with Crippen molar-refractivity contribution in [2.24, 2.45) is 5.92 Å². The molecule has 0 aliphatic heterocycles. The molecule has 3 aliphatic carbocycles. The number of rotatable bonds is 13. The van der Waals surface area contributed by atoms with Crippen LogP contribution in [0.25, 0.3) is 10.8 Å². The maximum atomic E-state index is 13.4. The Bertz CT molecular complexity index is 1640. The van der Waals surface area contributed by atoms with E-state index in [1.54, 1.807) is 42.7 Å². The van der Waals surface area contributed by atoms with Crippen molar-refractivity contribution in [2.75, 3.05) is 11.9 Å². The van der Waals surface area contributed by atoms with E-state index in [0.29, 0.717) is 23.2 Å². The lowest BCUT2D eigenvalue weighted by Gasteiger charge is -2.61. The minimum atomic E-state index is -1.08. The summed E-state index contributed by atoms with van der Waals surface area (Å²) in [7, 11) is 0. The number of hydrogen-bond acceptors (Lipinski definition) is 7. The molecule has 43 heavy (non-hydrogen) atoms. The predicted octanol–water partition coefficient (Wildman–Crippen LogP) is 1.84. The molecule has 0 radical (unpaired) electrons. The van der Waals surface area contributed by atoms with Crippen LogP contribution in [0.15, 0.2) is 78.7 Å². The third-order valence-electron chi connectivity index (χ3n) is 7.75. The number of amides is 4. The van der Waals surface area contributed by atoms with E-state index in [1.807, 2.05) is 0 Å². The zero-order valence-electron chi connectivity index (χ0n) is 23.5. The minimum Gasteiger partial charge on any atom is -0.349 e. The first-order chi connectivity index (χ1) is 20.8. The van der Waals surface area contributed by atoms with Gasteiger partial charge in [-0.1, -0.05) is 12.2 Å². The number of aromatic nitrogens is 3. The maximum absolute atomic E-state index is 13.4. The van der Waals surface area contributed by atoms with E-state index >= 15 is 0 Å². The number of pyridine rings is 3. The number of carbonyl (C=O) groups is 4. The Kier molecular flexibility index (Phi) is 8.74. The van der Waals surface area contributed by atoms with Crippen molar-refractivity contribution in [3.8, 4) is 0 Å². The van der Waals surface area contributed by atoms with Crippen molar-refractivity contribution in [3.05, 3.63) is 89.9 Å². The summed E-state index contributed by atoms with van der Waals surface area (Å²) in [6.45, 7) is 3.69. The number of nitrogens with zero attached hydrogens (tertiary/aromatic N) is 3. The fourth-order valence-electron chi connectivity index (χ4n) is 5.48. The Morgan fingerprint density at radius 3 is 2.70 bits per heavy atom. The monoisotopic (exact) mass is 583 g/mol. The van der Waals surface area contributed by atoms with E-state index in [2.05, 4.69) is 37.8 Å². The van der Waals surface area contributed by atoms with Crippen LogP contribution in [0.3, 0.4) is 0 Å². The van der Waals surface area contributed by atoms with Gasteiger partial charge >= 0.3 is 0 Å². The Labute approximate surface area is 247 Å². The summed E-state index contributed by atoms with van der Waals surface area (Å²) >= 11 is 0. The van der Waals surface area contributed by atoms with E-state index in [4.69, 9.17) is 0 Å². The van der Waals surface area contributed by atoms with Crippen LogP contribution in [-0.2, 0) is 20.9 Å². The Balaban J connectivity index is 1.29. The fourth-order valence-corrected chi connectivity index (χ4v) is 5.48. The van der Waals surface area contributed by atoms with Gasteiger partial charge in [-0.25, -0.2) is 0 Å². The van der Waals surface area contributed by atoms with Crippen LogP contribution in [-0.4, -0.2) is 56.3 Å². The summed E-state index contributed by atoms with van der Waals surface area (Å²) in [5, 5.41) is 12.3.